The molecule has 1 fully saturated rings. The molecular weight excluding hydrogens is 242 g/mol. The zero-order chi connectivity index (χ0) is 14.2. The summed E-state index contributed by atoms with van der Waals surface area (Å²) in [5.74, 6) is -0.0498. The van der Waals surface area contributed by atoms with E-state index in [1.807, 2.05) is 25.3 Å². The van der Waals surface area contributed by atoms with E-state index in [-0.39, 0.29) is 11.9 Å². The lowest BCUT2D eigenvalue weighted by Gasteiger charge is -2.46. The minimum atomic E-state index is -0.689. The second-order valence-electron chi connectivity index (χ2n) is 5.80. The molecule has 0 spiro atoms. The van der Waals surface area contributed by atoms with Crippen LogP contribution in [0.25, 0.3) is 0 Å². The number of hydrogen-bond acceptors (Lipinski definition) is 3. The van der Waals surface area contributed by atoms with Gasteiger partial charge in [-0.25, -0.2) is 0 Å². The fourth-order valence-corrected chi connectivity index (χ4v) is 2.69. The zero-order valence-electron chi connectivity index (χ0n) is 11.9. The molecule has 1 aromatic rings. The van der Waals surface area contributed by atoms with Crippen LogP contribution in [-0.2, 0) is 0 Å². The van der Waals surface area contributed by atoms with Crippen LogP contribution < -0.4 is 5.73 Å². The van der Waals surface area contributed by atoms with Crippen LogP contribution in [-0.4, -0.2) is 39.2 Å². The van der Waals surface area contributed by atoms with Crippen molar-refractivity contribution in [1.82, 2.24) is 9.47 Å². The van der Waals surface area contributed by atoms with Crippen LogP contribution in [0, 0.1) is 0 Å². The van der Waals surface area contributed by atoms with Gasteiger partial charge in [-0.1, -0.05) is 13.3 Å². The smallest absolute Gasteiger partial charge is 0.270 e. The Balaban J connectivity index is 2.10. The lowest BCUT2D eigenvalue weighted by Crippen LogP contribution is -2.63. The summed E-state index contributed by atoms with van der Waals surface area (Å²) in [6, 6.07) is 1.89. The molecule has 1 aliphatic rings. The van der Waals surface area contributed by atoms with Gasteiger partial charge in [-0.3, -0.25) is 4.79 Å². The van der Waals surface area contributed by atoms with Gasteiger partial charge in [0.25, 0.3) is 5.91 Å². The molecule has 19 heavy (non-hydrogen) atoms. The van der Waals surface area contributed by atoms with Crippen LogP contribution in [0.3, 0.4) is 0 Å². The third-order valence-corrected chi connectivity index (χ3v) is 3.62. The molecule has 106 valence electrons. The Morgan fingerprint density at radius 3 is 2.68 bits per heavy atom. The van der Waals surface area contributed by atoms with E-state index in [9.17, 15) is 9.90 Å². The number of carbonyl (C=O) groups is 1. The molecule has 0 unspecified atom stereocenters. The van der Waals surface area contributed by atoms with Crippen molar-refractivity contribution in [2.45, 2.75) is 45.3 Å². The first-order valence-electron chi connectivity index (χ1n) is 6.85. The lowest BCUT2D eigenvalue weighted by atomic mass is 9.89. The Morgan fingerprint density at radius 1 is 1.53 bits per heavy atom. The van der Waals surface area contributed by atoms with E-state index in [0.717, 1.165) is 12.8 Å². The van der Waals surface area contributed by atoms with Gasteiger partial charge < -0.3 is 20.3 Å². The van der Waals surface area contributed by atoms with Gasteiger partial charge in [-0.15, -0.1) is 0 Å². The van der Waals surface area contributed by atoms with E-state index >= 15 is 0 Å². The number of rotatable bonds is 4. The van der Waals surface area contributed by atoms with Gasteiger partial charge >= 0.3 is 0 Å². The fourth-order valence-electron chi connectivity index (χ4n) is 2.69. The number of aromatic nitrogens is 1. The number of nitrogens with two attached hydrogens (primary N) is 1. The number of aliphatic hydroxyl groups is 1. The van der Waals surface area contributed by atoms with Crippen molar-refractivity contribution < 1.29 is 9.90 Å². The molecule has 0 aromatic carbocycles. The Morgan fingerprint density at radius 2 is 2.16 bits per heavy atom. The predicted molar refractivity (Wildman–Crippen MR) is 75.0 cm³/mol. The molecule has 1 aliphatic heterocycles. The van der Waals surface area contributed by atoms with Gasteiger partial charge in [0.05, 0.1) is 24.4 Å². The van der Waals surface area contributed by atoms with Gasteiger partial charge in [0.1, 0.15) is 5.69 Å². The molecule has 0 radical (unpaired) electrons. The van der Waals surface area contributed by atoms with Gasteiger partial charge in [0.15, 0.2) is 0 Å². The van der Waals surface area contributed by atoms with E-state index < -0.39 is 5.60 Å². The molecule has 1 amide bonds. The van der Waals surface area contributed by atoms with Crippen LogP contribution in [0.5, 0.6) is 0 Å². The van der Waals surface area contributed by atoms with E-state index in [1.54, 1.807) is 17.2 Å². The quantitative estimate of drug-likeness (QED) is 0.869. The topological polar surface area (TPSA) is 71.5 Å². The van der Waals surface area contributed by atoms with Crippen LogP contribution >= 0.6 is 0 Å². The van der Waals surface area contributed by atoms with E-state index in [0.29, 0.717) is 24.5 Å². The zero-order valence-corrected chi connectivity index (χ0v) is 11.9. The maximum absolute atomic E-state index is 12.4. The molecule has 5 heteroatoms. The summed E-state index contributed by atoms with van der Waals surface area (Å²) >= 11 is 0. The third kappa shape index (κ3) is 2.61. The minimum Gasteiger partial charge on any atom is -0.397 e. The van der Waals surface area contributed by atoms with Gasteiger partial charge in [-0.05, 0) is 26.3 Å². The Labute approximate surface area is 114 Å². The van der Waals surface area contributed by atoms with Crippen LogP contribution in [0.1, 0.15) is 50.1 Å². The molecule has 2 rings (SSSR count). The Kier molecular flexibility index (Phi) is 3.58. The number of nitrogens with zero attached hydrogens (tertiary/aromatic N) is 2. The molecule has 1 aromatic heterocycles. The summed E-state index contributed by atoms with van der Waals surface area (Å²) in [4.78, 5) is 14.1. The predicted octanol–water partition coefficient (Wildman–Crippen LogP) is 1.64. The van der Waals surface area contributed by atoms with Crippen LogP contribution in [0.2, 0.25) is 0 Å². The summed E-state index contributed by atoms with van der Waals surface area (Å²) in [5, 5.41) is 10.1. The molecule has 0 atom stereocenters. The number of carbonyl (C=O) groups excluding carboxylic acids is 1. The number of nitrogen functional groups attached to an aromatic ring is 1. The lowest BCUT2D eigenvalue weighted by molar-refractivity contribution is -0.0863. The summed E-state index contributed by atoms with van der Waals surface area (Å²) in [7, 11) is 0. The van der Waals surface area contributed by atoms with E-state index in [1.165, 1.54) is 0 Å². The van der Waals surface area contributed by atoms with Crippen LogP contribution in [0.15, 0.2) is 12.3 Å². The van der Waals surface area contributed by atoms with Crippen molar-refractivity contribution in [1.29, 1.82) is 0 Å². The summed E-state index contributed by atoms with van der Waals surface area (Å²) < 4.78 is 1.88. The molecule has 1 saturated heterocycles. The second kappa shape index (κ2) is 4.89. The number of hydrogen-bond donors (Lipinski definition) is 2. The monoisotopic (exact) mass is 265 g/mol. The first-order valence-corrected chi connectivity index (χ1v) is 6.85. The first-order chi connectivity index (χ1) is 8.86. The highest BCUT2D eigenvalue weighted by Crippen LogP contribution is 2.28. The first kappa shape index (κ1) is 13.9. The highest BCUT2D eigenvalue weighted by Gasteiger charge is 2.43. The summed E-state index contributed by atoms with van der Waals surface area (Å²) in [6.07, 6.45) is 3.45. The van der Waals surface area contributed by atoms with Crippen molar-refractivity contribution in [3.63, 3.8) is 0 Å². The van der Waals surface area contributed by atoms with Crippen LogP contribution in [0.4, 0.5) is 5.69 Å². The van der Waals surface area contributed by atoms with E-state index in [4.69, 9.17) is 5.73 Å². The average Bonchev–Trinajstić information content (AvgIpc) is 2.67. The van der Waals surface area contributed by atoms with Crippen molar-refractivity contribution in [3.8, 4) is 0 Å². The highest BCUT2D eigenvalue weighted by atomic mass is 16.3. The minimum absolute atomic E-state index is 0.0498. The highest BCUT2D eigenvalue weighted by molar-refractivity contribution is 5.94. The molecule has 2 heterocycles. The van der Waals surface area contributed by atoms with Crippen molar-refractivity contribution in [2.24, 2.45) is 0 Å². The molecule has 5 nitrogen and oxygen atoms in total. The maximum atomic E-state index is 12.4. The summed E-state index contributed by atoms with van der Waals surface area (Å²) in [5.41, 5.74) is 6.29. The van der Waals surface area contributed by atoms with Gasteiger partial charge in [0, 0.05) is 12.2 Å². The maximum Gasteiger partial charge on any atom is 0.270 e. The normalized spacial score (nSPS) is 17.6. The largest absolute Gasteiger partial charge is 0.397 e. The van der Waals surface area contributed by atoms with Gasteiger partial charge in [0.2, 0.25) is 0 Å². The van der Waals surface area contributed by atoms with Crippen molar-refractivity contribution in [2.75, 3.05) is 18.8 Å². The van der Waals surface area contributed by atoms with Crippen molar-refractivity contribution in [3.05, 3.63) is 18.0 Å². The molecule has 0 aliphatic carbocycles. The SMILES string of the molecule is CCCC1(O)CN(C(=O)c2cc(N)cn2C(C)C)C1. The van der Waals surface area contributed by atoms with Crippen molar-refractivity contribution >= 4 is 11.6 Å². The number of β-amino-alcohol motifs (C(OH)–C–C–N with tert-alkyl or cyclic N) is 1. The third-order valence-electron chi connectivity index (χ3n) is 3.62. The summed E-state index contributed by atoms with van der Waals surface area (Å²) in [6.45, 7) is 6.90. The number of amides is 1. The molecular formula is C14H23N3O2. The Bertz CT molecular complexity index is 473. The molecule has 0 bridgehead atoms. The fraction of sp³-hybridized carbons (Fsp3) is 0.643. The Hall–Kier alpha value is -1.49. The average molecular weight is 265 g/mol. The standard InChI is InChI=1S/C14H23N3O2/c1-4-5-14(19)8-16(9-14)13(18)12-6-11(15)7-17(12)10(2)3/h6-7,10,19H,4-5,8-9,15H2,1-3H3. The van der Waals surface area contributed by atoms with Gasteiger partial charge in [-0.2, -0.15) is 0 Å². The second-order valence-corrected chi connectivity index (χ2v) is 5.80. The molecule has 3 N–H and O–H groups in total. The van der Waals surface area contributed by atoms with E-state index in [2.05, 4.69) is 0 Å². The number of likely N-dealkylation sites (tertiary alicyclic amines) is 1. The number of anilines is 1. The molecule has 0 saturated carbocycles.